The predicted molar refractivity (Wildman–Crippen MR) is 109 cm³/mol. The third-order valence-corrected chi connectivity index (χ3v) is 5.66. The summed E-state index contributed by atoms with van der Waals surface area (Å²) >= 11 is 0. The normalized spacial score (nSPS) is 18.4. The molecule has 1 atom stereocenters. The molecular formula is C22H26N2O5. The SMILES string of the molecule is COc1cccc(C/C(C[C@@H]2c3c(cc4c(c3OC)OCO4)CCN2C)=N/O)c1. The maximum atomic E-state index is 9.72. The largest absolute Gasteiger partial charge is 0.497 e. The van der Waals surface area contributed by atoms with E-state index in [-0.39, 0.29) is 12.8 Å². The Balaban J connectivity index is 1.65. The fourth-order valence-corrected chi connectivity index (χ4v) is 4.17. The van der Waals surface area contributed by atoms with Crippen LogP contribution in [0.3, 0.4) is 0 Å². The molecule has 0 bridgehead atoms. The van der Waals surface area contributed by atoms with Crippen molar-refractivity contribution in [3.8, 4) is 23.0 Å². The van der Waals surface area contributed by atoms with E-state index in [1.54, 1.807) is 14.2 Å². The molecule has 1 N–H and O–H groups in total. The number of rotatable bonds is 6. The second-order valence-corrected chi connectivity index (χ2v) is 7.36. The van der Waals surface area contributed by atoms with Crippen LogP contribution in [0, 0.1) is 0 Å². The molecule has 2 heterocycles. The van der Waals surface area contributed by atoms with E-state index in [0.29, 0.717) is 30.1 Å². The lowest BCUT2D eigenvalue weighted by Crippen LogP contribution is -2.34. The number of benzene rings is 2. The van der Waals surface area contributed by atoms with Gasteiger partial charge in [-0.25, -0.2) is 0 Å². The Kier molecular flexibility index (Phi) is 5.49. The van der Waals surface area contributed by atoms with Crippen LogP contribution >= 0.6 is 0 Å². The Bertz CT molecular complexity index is 928. The van der Waals surface area contributed by atoms with Crippen molar-refractivity contribution in [2.24, 2.45) is 5.16 Å². The van der Waals surface area contributed by atoms with Crippen molar-refractivity contribution in [1.82, 2.24) is 4.90 Å². The van der Waals surface area contributed by atoms with Gasteiger partial charge in [0.1, 0.15) is 5.75 Å². The minimum absolute atomic E-state index is 0.0136. The van der Waals surface area contributed by atoms with E-state index in [1.165, 1.54) is 5.56 Å². The predicted octanol–water partition coefficient (Wildman–Crippen LogP) is 3.42. The van der Waals surface area contributed by atoms with Crippen molar-refractivity contribution in [2.75, 3.05) is 34.6 Å². The molecule has 0 unspecified atom stereocenters. The number of nitrogens with zero attached hydrogens (tertiary/aromatic N) is 2. The second kappa shape index (κ2) is 8.21. The summed E-state index contributed by atoms with van der Waals surface area (Å²) < 4.78 is 22.3. The fraction of sp³-hybridized carbons (Fsp3) is 0.409. The summed E-state index contributed by atoms with van der Waals surface area (Å²) in [4.78, 5) is 2.27. The standard InChI is InChI=1S/C22H26N2O5/c1-24-8-7-15-11-19-21(29-13-28-19)22(27-3)20(15)18(24)12-16(23-25)9-14-5-4-6-17(10-14)26-2/h4-6,10-11,18,25H,7-9,12-13H2,1-3H3/b23-16-/t18-/m1/s1. The molecule has 0 aromatic heterocycles. The molecule has 4 rings (SSSR count). The van der Waals surface area contributed by atoms with Gasteiger partial charge < -0.3 is 24.2 Å². The van der Waals surface area contributed by atoms with Crippen LogP contribution in [0.1, 0.15) is 29.2 Å². The Morgan fingerprint density at radius 3 is 2.86 bits per heavy atom. The van der Waals surface area contributed by atoms with Gasteiger partial charge in [-0.1, -0.05) is 17.3 Å². The van der Waals surface area contributed by atoms with Gasteiger partial charge in [-0.15, -0.1) is 0 Å². The molecule has 2 aliphatic heterocycles. The van der Waals surface area contributed by atoms with Crippen LogP contribution in [0.4, 0.5) is 0 Å². The average molecular weight is 398 g/mol. The van der Waals surface area contributed by atoms with Gasteiger partial charge in [-0.05, 0) is 42.8 Å². The van der Waals surface area contributed by atoms with Crippen molar-refractivity contribution in [1.29, 1.82) is 0 Å². The van der Waals surface area contributed by atoms with Gasteiger partial charge in [-0.2, -0.15) is 0 Å². The van der Waals surface area contributed by atoms with Crippen molar-refractivity contribution >= 4 is 5.71 Å². The van der Waals surface area contributed by atoms with E-state index in [2.05, 4.69) is 23.2 Å². The van der Waals surface area contributed by atoms with E-state index in [1.807, 2.05) is 24.3 Å². The molecule has 2 aromatic rings. The molecule has 7 heteroatoms. The van der Waals surface area contributed by atoms with Crippen molar-refractivity contribution < 1.29 is 24.2 Å². The molecule has 2 aliphatic rings. The highest BCUT2D eigenvalue weighted by Gasteiger charge is 2.34. The van der Waals surface area contributed by atoms with Gasteiger partial charge in [-0.3, -0.25) is 4.90 Å². The average Bonchev–Trinajstić information content (AvgIpc) is 3.21. The second-order valence-electron chi connectivity index (χ2n) is 7.36. The lowest BCUT2D eigenvalue weighted by Gasteiger charge is -2.36. The molecule has 0 fully saturated rings. The number of ether oxygens (including phenoxy) is 4. The summed E-state index contributed by atoms with van der Waals surface area (Å²) in [6.45, 7) is 1.10. The molecule has 2 aromatic carbocycles. The number of likely N-dealkylation sites (N-methyl/N-ethyl adjacent to an activating group) is 1. The number of oxime groups is 1. The van der Waals surface area contributed by atoms with Crippen molar-refractivity contribution in [2.45, 2.75) is 25.3 Å². The first-order chi connectivity index (χ1) is 14.1. The Morgan fingerprint density at radius 2 is 2.10 bits per heavy atom. The number of hydrogen-bond acceptors (Lipinski definition) is 7. The maximum Gasteiger partial charge on any atom is 0.231 e. The van der Waals surface area contributed by atoms with Gasteiger partial charge >= 0.3 is 0 Å². The summed E-state index contributed by atoms with van der Waals surface area (Å²) in [5, 5.41) is 13.3. The van der Waals surface area contributed by atoms with E-state index < -0.39 is 0 Å². The van der Waals surface area contributed by atoms with Crippen molar-refractivity contribution in [3.63, 3.8) is 0 Å². The molecule has 0 saturated heterocycles. The highest BCUT2D eigenvalue weighted by Crippen LogP contribution is 2.50. The van der Waals surface area contributed by atoms with E-state index in [4.69, 9.17) is 18.9 Å². The zero-order valence-electron chi connectivity index (χ0n) is 17.0. The Hall–Kier alpha value is -2.93. The number of hydrogen-bond donors (Lipinski definition) is 1. The van der Waals surface area contributed by atoms with E-state index in [0.717, 1.165) is 35.6 Å². The molecule has 154 valence electrons. The lowest BCUT2D eigenvalue weighted by atomic mass is 9.87. The minimum atomic E-state index is 0.0136. The molecular weight excluding hydrogens is 372 g/mol. The topological polar surface area (TPSA) is 72.8 Å². The summed E-state index contributed by atoms with van der Waals surface area (Å²) in [7, 11) is 5.38. The van der Waals surface area contributed by atoms with Gasteiger partial charge in [0, 0.05) is 31.0 Å². The Labute approximate surface area is 170 Å². The molecule has 0 radical (unpaired) electrons. The molecule has 0 spiro atoms. The first-order valence-electron chi connectivity index (χ1n) is 9.67. The smallest absolute Gasteiger partial charge is 0.231 e. The van der Waals surface area contributed by atoms with Gasteiger partial charge in [0.2, 0.25) is 12.5 Å². The lowest BCUT2D eigenvalue weighted by molar-refractivity contribution is 0.170. The molecule has 29 heavy (non-hydrogen) atoms. The highest BCUT2D eigenvalue weighted by atomic mass is 16.7. The zero-order chi connectivity index (χ0) is 20.4. The van der Waals surface area contributed by atoms with Gasteiger partial charge in [0.15, 0.2) is 11.5 Å². The van der Waals surface area contributed by atoms with E-state index >= 15 is 0 Å². The number of fused-ring (bicyclic) bond motifs is 2. The highest BCUT2D eigenvalue weighted by molar-refractivity contribution is 5.87. The van der Waals surface area contributed by atoms with Crippen LogP contribution < -0.4 is 18.9 Å². The third kappa shape index (κ3) is 3.70. The van der Waals surface area contributed by atoms with Crippen LogP contribution in [-0.4, -0.2) is 50.4 Å². The zero-order valence-corrected chi connectivity index (χ0v) is 17.0. The third-order valence-electron chi connectivity index (χ3n) is 5.66. The summed E-state index contributed by atoms with van der Waals surface area (Å²) in [5.41, 5.74) is 4.00. The monoisotopic (exact) mass is 398 g/mol. The van der Waals surface area contributed by atoms with Crippen LogP contribution in [0.5, 0.6) is 23.0 Å². The first-order valence-corrected chi connectivity index (χ1v) is 9.67. The van der Waals surface area contributed by atoms with Gasteiger partial charge in [0.25, 0.3) is 0 Å². The van der Waals surface area contributed by atoms with Gasteiger partial charge in [0.05, 0.1) is 19.9 Å². The molecule has 0 saturated carbocycles. The Morgan fingerprint density at radius 1 is 1.24 bits per heavy atom. The fourth-order valence-electron chi connectivity index (χ4n) is 4.17. The van der Waals surface area contributed by atoms with Crippen LogP contribution in [0.15, 0.2) is 35.5 Å². The van der Waals surface area contributed by atoms with Crippen LogP contribution in [-0.2, 0) is 12.8 Å². The molecule has 0 amide bonds. The van der Waals surface area contributed by atoms with E-state index in [9.17, 15) is 5.21 Å². The first kappa shape index (κ1) is 19.4. The minimum Gasteiger partial charge on any atom is -0.497 e. The van der Waals surface area contributed by atoms with Crippen LogP contribution in [0.25, 0.3) is 0 Å². The van der Waals surface area contributed by atoms with Crippen molar-refractivity contribution in [3.05, 3.63) is 47.0 Å². The molecule has 0 aliphatic carbocycles. The quantitative estimate of drug-likeness (QED) is 0.457. The summed E-state index contributed by atoms with van der Waals surface area (Å²) in [5.74, 6) is 2.89. The molecule has 7 nitrogen and oxygen atoms in total. The van der Waals surface area contributed by atoms with Crippen LogP contribution in [0.2, 0.25) is 0 Å². The number of methoxy groups -OCH3 is 2. The maximum absolute atomic E-state index is 9.72. The summed E-state index contributed by atoms with van der Waals surface area (Å²) in [6.07, 6.45) is 2.02. The summed E-state index contributed by atoms with van der Waals surface area (Å²) in [6, 6.07) is 9.87.